The van der Waals surface area contributed by atoms with Gasteiger partial charge in [0.05, 0.1) is 18.2 Å². The van der Waals surface area contributed by atoms with E-state index in [9.17, 15) is 4.79 Å². The van der Waals surface area contributed by atoms with E-state index >= 15 is 0 Å². The molecule has 0 aromatic carbocycles. The summed E-state index contributed by atoms with van der Waals surface area (Å²) in [7, 11) is 0. The number of carboxylic acids is 1. The molecular weight excluding hydrogens is 224 g/mol. The smallest absolute Gasteiger partial charge is 0.308 e. The maximum Gasteiger partial charge on any atom is 0.308 e. The van der Waals surface area contributed by atoms with Gasteiger partial charge in [-0.2, -0.15) is 4.80 Å². The summed E-state index contributed by atoms with van der Waals surface area (Å²) >= 11 is 0. The van der Waals surface area contributed by atoms with Gasteiger partial charge in [0.15, 0.2) is 5.76 Å². The number of carbonyl (C=O) groups is 1. The average molecular weight is 234 g/mol. The predicted octanol–water partition coefficient (Wildman–Crippen LogP) is 0.969. The van der Waals surface area contributed by atoms with Crippen LogP contribution in [0.5, 0.6) is 0 Å². The molecule has 0 radical (unpaired) electrons. The first-order valence-electron chi connectivity index (χ1n) is 5.32. The molecule has 1 aliphatic carbocycles. The second kappa shape index (κ2) is 3.69. The first kappa shape index (κ1) is 10.0. The van der Waals surface area contributed by atoms with Crippen LogP contribution in [0.25, 0.3) is 11.6 Å². The minimum Gasteiger partial charge on any atom is -0.481 e. The highest BCUT2D eigenvalue weighted by molar-refractivity contribution is 5.71. The van der Waals surface area contributed by atoms with Gasteiger partial charge in [0, 0.05) is 0 Å². The van der Waals surface area contributed by atoms with Crippen LogP contribution >= 0.6 is 0 Å². The van der Waals surface area contributed by atoms with Gasteiger partial charge in [-0.15, -0.1) is 10.2 Å². The Kier molecular flexibility index (Phi) is 2.17. The zero-order valence-electron chi connectivity index (χ0n) is 8.85. The van der Waals surface area contributed by atoms with Crippen molar-refractivity contribution in [3.8, 4) is 11.6 Å². The van der Waals surface area contributed by atoms with Crippen LogP contribution in [-0.2, 0) is 4.79 Å². The Bertz CT molecular complexity index is 534. The number of rotatable bonds is 3. The summed E-state index contributed by atoms with van der Waals surface area (Å²) < 4.78 is 5.14. The summed E-state index contributed by atoms with van der Waals surface area (Å²) in [6.45, 7) is 0. The van der Waals surface area contributed by atoms with Gasteiger partial charge < -0.3 is 9.52 Å². The second-order valence-corrected chi connectivity index (χ2v) is 4.00. The third-order valence-electron chi connectivity index (χ3n) is 3.02. The molecular formula is C10H10N4O3. The first-order chi connectivity index (χ1) is 8.25. The van der Waals surface area contributed by atoms with Crippen LogP contribution in [0, 0.1) is 5.92 Å². The van der Waals surface area contributed by atoms with Crippen LogP contribution < -0.4 is 0 Å². The van der Waals surface area contributed by atoms with E-state index in [-0.39, 0.29) is 6.04 Å². The molecule has 2 atom stereocenters. The van der Waals surface area contributed by atoms with E-state index < -0.39 is 11.9 Å². The Morgan fingerprint density at radius 2 is 2.41 bits per heavy atom. The van der Waals surface area contributed by atoms with Crippen LogP contribution in [0.2, 0.25) is 0 Å². The third-order valence-corrected chi connectivity index (χ3v) is 3.02. The van der Waals surface area contributed by atoms with E-state index in [0.29, 0.717) is 18.0 Å². The maximum atomic E-state index is 10.9. The van der Waals surface area contributed by atoms with Crippen LogP contribution in [0.3, 0.4) is 0 Å². The van der Waals surface area contributed by atoms with Gasteiger partial charge in [-0.25, -0.2) is 0 Å². The van der Waals surface area contributed by atoms with E-state index in [4.69, 9.17) is 9.52 Å². The maximum absolute atomic E-state index is 10.9. The van der Waals surface area contributed by atoms with Gasteiger partial charge in [0.2, 0.25) is 5.82 Å². The van der Waals surface area contributed by atoms with Crippen molar-refractivity contribution in [3.05, 3.63) is 18.4 Å². The quantitative estimate of drug-likeness (QED) is 0.850. The number of furan rings is 1. The lowest BCUT2D eigenvalue weighted by molar-refractivity contribution is -0.147. The van der Waals surface area contributed by atoms with Crippen LogP contribution in [-0.4, -0.2) is 31.3 Å². The van der Waals surface area contributed by atoms with Crippen molar-refractivity contribution >= 4 is 5.97 Å². The van der Waals surface area contributed by atoms with Gasteiger partial charge in [0.25, 0.3) is 0 Å². The fourth-order valence-electron chi connectivity index (χ4n) is 1.92. The number of carboxylic acid groups (broad SMARTS) is 1. The summed E-state index contributed by atoms with van der Waals surface area (Å²) in [5.41, 5.74) is 0. The number of nitrogens with zero attached hydrogens (tertiary/aromatic N) is 4. The van der Waals surface area contributed by atoms with Gasteiger partial charge in [0.1, 0.15) is 0 Å². The molecule has 1 aliphatic rings. The monoisotopic (exact) mass is 234 g/mol. The minimum absolute atomic E-state index is 0.191. The van der Waals surface area contributed by atoms with Crippen molar-refractivity contribution in [1.29, 1.82) is 0 Å². The highest BCUT2D eigenvalue weighted by Crippen LogP contribution is 2.37. The molecule has 3 rings (SSSR count). The molecule has 1 N–H and O–H groups in total. The minimum atomic E-state index is -0.807. The van der Waals surface area contributed by atoms with E-state index in [1.165, 1.54) is 11.1 Å². The molecule has 7 nitrogen and oxygen atoms in total. The SMILES string of the molecule is O=C(O)C1CCC1n1nnc(-c2ccco2)n1. The Morgan fingerprint density at radius 1 is 1.53 bits per heavy atom. The largest absolute Gasteiger partial charge is 0.481 e. The molecule has 2 heterocycles. The molecule has 17 heavy (non-hydrogen) atoms. The molecule has 0 bridgehead atoms. The normalized spacial score (nSPS) is 23.3. The lowest BCUT2D eigenvalue weighted by Gasteiger charge is -2.31. The second-order valence-electron chi connectivity index (χ2n) is 4.00. The fourth-order valence-corrected chi connectivity index (χ4v) is 1.92. The molecule has 7 heteroatoms. The topological polar surface area (TPSA) is 94.0 Å². The summed E-state index contributed by atoms with van der Waals surface area (Å²) in [5, 5.41) is 20.8. The molecule has 2 aromatic heterocycles. The van der Waals surface area contributed by atoms with Gasteiger partial charge in [-0.05, 0) is 30.2 Å². The van der Waals surface area contributed by atoms with Crippen molar-refractivity contribution in [2.75, 3.05) is 0 Å². The van der Waals surface area contributed by atoms with Gasteiger partial charge in [-0.1, -0.05) is 0 Å². The summed E-state index contributed by atoms with van der Waals surface area (Å²) in [6.07, 6.45) is 2.96. The standard InChI is InChI=1S/C10H10N4O3/c15-10(16)6-3-4-7(6)14-12-9(11-13-14)8-2-1-5-17-8/h1-2,5-7H,3-4H2,(H,15,16). The van der Waals surface area contributed by atoms with E-state index in [1.54, 1.807) is 12.1 Å². The Morgan fingerprint density at radius 3 is 3.00 bits per heavy atom. The highest BCUT2D eigenvalue weighted by Gasteiger charge is 2.39. The molecule has 0 spiro atoms. The molecule has 1 saturated carbocycles. The molecule has 0 aliphatic heterocycles. The third kappa shape index (κ3) is 1.59. The number of hydrogen-bond donors (Lipinski definition) is 1. The van der Waals surface area contributed by atoms with Gasteiger partial charge >= 0.3 is 5.97 Å². The van der Waals surface area contributed by atoms with Crippen LogP contribution in [0.4, 0.5) is 0 Å². The number of aromatic nitrogens is 4. The van der Waals surface area contributed by atoms with E-state index in [0.717, 1.165) is 6.42 Å². The number of tetrazole rings is 1. The Hall–Kier alpha value is -2.18. The fraction of sp³-hybridized carbons (Fsp3) is 0.400. The lowest BCUT2D eigenvalue weighted by atomic mass is 9.80. The summed E-state index contributed by atoms with van der Waals surface area (Å²) in [5.74, 6) is -0.305. The zero-order chi connectivity index (χ0) is 11.8. The Balaban J connectivity index is 1.84. The van der Waals surface area contributed by atoms with Crippen LogP contribution in [0.1, 0.15) is 18.9 Å². The Labute approximate surface area is 96.0 Å². The van der Waals surface area contributed by atoms with Crippen molar-refractivity contribution in [2.45, 2.75) is 18.9 Å². The summed E-state index contributed by atoms with van der Waals surface area (Å²) in [4.78, 5) is 12.3. The molecule has 2 aromatic rings. The number of hydrogen-bond acceptors (Lipinski definition) is 5. The summed E-state index contributed by atoms with van der Waals surface area (Å²) in [6, 6.07) is 3.28. The zero-order valence-corrected chi connectivity index (χ0v) is 8.85. The molecule has 88 valence electrons. The van der Waals surface area contributed by atoms with Crippen LogP contribution in [0.15, 0.2) is 22.8 Å². The molecule has 1 fully saturated rings. The first-order valence-corrected chi connectivity index (χ1v) is 5.32. The average Bonchev–Trinajstić information content (AvgIpc) is 2.81. The predicted molar refractivity (Wildman–Crippen MR) is 54.9 cm³/mol. The van der Waals surface area contributed by atoms with Crippen molar-refractivity contribution in [3.63, 3.8) is 0 Å². The van der Waals surface area contributed by atoms with Crippen molar-refractivity contribution in [1.82, 2.24) is 20.2 Å². The van der Waals surface area contributed by atoms with E-state index in [1.807, 2.05) is 0 Å². The van der Waals surface area contributed by atoms with Gasteiger partial charge in [-0.3, -0.25) is 4.79 Å². The van der Waals surface area contributed by atoms with Crippen molar-refractivity contribution in [2.24, 2.45) is 5.92 Å². The van der Waals surface area contributed by atoms with Crippen molar-refractivity contribution < 1.29 is 14.3 Å². The number of aliphatic carboxylic acids is 1. The molecule has 0 amide bonds. The van der Waals surface area contributed by atoms with E-state index in [2.05, 4.69) is 15.4 Å². The highest BCUT2D eigenvalue weighted by atomic mass is 16.4. The molecule has 2 unspecified atom stereocenters. The lowest BCUT2D eigenvalue weighted by Crippen LogP contribution is -2.36. The molecule has 0 saturated heterocycles.